The number of hydrogen-bond donors (Lipinski definition) is 0. The molecule has 1 aliphatic heterocycles. The lowest BCUT2D eigenvalue weighted by Crippen LogP contribution is -2.40. The zero-order valence-corrected chi connectivity index (χ0v) is 12.0. The van der Waals surface area contributed by atoms with Crippen molar-refractivity contribution in [2.75, 3.05) is 32.6 Å². The van der Waals surface area contributed by atoms with E-state index in [2.05, 4.69) is 4.74 Å². The summed E-state index contributed by atoms with van der Waals surface area (Å²) >= 11 is 0. The van der Waals surface area contributed by atoms with Gasteiger partial charge in [0.2, 0.25) is 10.0 Å². The van der Waals surface area contributed by atoms with Gasteiger partial charge < -0.3 is 4.74 Å². The first-order chi connectivity index (χ1) is 9.08. The Bertz CT molecular complexity index is 435. The lowest BCUT2D eigenvalue weighted by atomic mass is 9.94. The highest BCUT2D eigenvalue weighted by Gasteiger charge is 2.29. The summed E-state index contributed by atoms with van der Waals surface area (Å²) in [6, 6.07) is 0. The second-order valence-electron chi connectivity index (χ2n) is 4.98. The Morgan fingerprint density at radius 2 is 2.05 bits per heavy atom. The number of carbonyl (C=O) groups is 1. The number of piperidine rings is 1. The molecule has 0 N–H and O–H groups in total. The van der Waals surface area contributed by atoms with Gasteiger partial charge in [0.05, 0.1) is 6.26 Å². The molecule has 0 bridgehead atoms. The molecule has 1 unspecified atom stereocenters. The topological polar surface area (TPSA) is 63.7 Å². The summed E-state index contributed by atoms with van der Waals surface area (Å²) in [5.74, 6) is -0.588. The average Bonchev–Trinajstić information content (AvgIpc) is 2.26. The summed E-state index contributed by atoms with van der Waals surface area (Å²) in [5.41, 5.74) is 0. The molecule has 0 spiro atoms. The SMILES string of the molecule is CS(=O)(=O)N1CCCC(CC(=O)COCC(F)(F)F)C1. The van der Waals surface area contributed by atoms with Crippen LogP contribution in [0.15, 0.2) is 0 Å². The van der Waals surface area contributed by atoms with Crippen LogP contribution in [-0.4, -0.2) is 57.2 Å². The van der Waals surface area contributed by atoms with Crippen molar-refractivity contribution in [3.8, 4) is 0 Å². The maximum Gasteiger partial charge on any atom is 0.411 e. The van der Waals surface area contributed by atoms with Gasteiger partial charge in [-0.1, -0.05) is 0 Å². The van der Waals surface area contributed by atoms with Crippen LogP contribution in [0.25, 0.3) is 0 Å². The maximum absolute atomic E-state index is 11.8. The second-order valence-corrected chi connectivity index (χ2v) is 6.96. The summed E-state index contributed by atoms with van der Waals surface area (Å²) < 4.78 is 63.9. The number of ketones is 1. The smallest absolute Gasteiger partial charge is 0.364 e. The molecule has 1 saturated heterocycles. The number of sulfonamides is 1. The Morgan fingerprint density at radius 3 is 2.60 bits per heavy atom. The first-order valence-electron chi connectivity index (χ1n) is 6.19. The predicted octanol–water partition coefficient (Wildman–Crippen LogP) is 1.20. The number of Topliss-reactive ketones (excluding diaryl/α,β-unsaturated/α-hetero) is 1. The number of carbonyl (C=O) groups excluding carboxylic acids is 1. The highest BCUT2D eigenvalue weighted by molar-refractivity contribution is 7.88. The van der Waals surface area contributed by atoms with Crippen molar-refractivity contribution in [1.29, 1.82) is 0 Å². The van der Waals surface area contributed by atoms with Crippen molar-refractivity contribution in [3.63, 3.8) is 0 Å². The number of ether oxygens (including phenoxy) is 1. The molecule has 0 saturated carbocycles. The van der Waals surface area contributed by atoms with Crippen LogP contribution in [0.5, 0.6) is 0 Å². The minimum Gasteiger partial charge on any atom is -0.364 e. The molecular formula is C11H18F3NO4S. The Labute approximate surface area is 116 Å². The van der Waals surface area contributed by atoms with Gasteiger partial charge in [0.1, 0.15) is 13.2 Å². The summed E-state index contributed by atoms with van der Waals surface area (Å²) in [6.45, 7) is -1.37. The zero-order chi connectivity index (χ0) is 15.4. The van der Waals surface area contributed by atoms with E-state index in [1.807, 2.05) is 0 Å². The molecule has 5 nitrogen and oxygen atoms in total. The second kappa shape index (κ2) is 6.86. The van der Waals surface area contributed by atoms with Crippen molar-refractivity contribution in [2.24, 2.45) is 5.92 Å². The third kappa shape index (κ3) is 6.67. The highest BCUT2D eigenvalue weighted by Crippen LogP contribution is 2.22. The van der Waals surface area contributed by atoms with E-state index in [1.54, 1.807) is 0 Å². The fourth-order valence-electron chi connectivity index (χ4n) is 2.16. The van der Waals surface area contributed by atoms with Gasteiger partial charge in [0, 0.05) is 19.5 Å². The lowest BCUT2D eigenvalue weighted by molar-refractivity contribution is -0.175. The standard InChI is InChI=1S/C11H18F3NO4S/c1-20(17,18)15-4-2-3-9(6-15)5-10(16)7-19-8-11(12,13)14/h9H,2-8H2,1H3. The lowest BCUT2D eigenvalue weighted by Gasteiger charge is -2.30. The van der Waals surface area contributed by atoms with Gasteiger partial charge in [-0.25, -0.2) is 12.7 Å². The number of halogens is 3. The van der Waals surface area contributed by atoms with Crippen molar-refractivity contribution >= 4 is 15.8 Å². The van der Waals surface area contributed by atoms with Gasteiger partial charge in [0.15, 0.2) is 5.78 Å². The van der Waals surface area contributed by atoms with Crippen molar-refractivity contribution in [2.45, 2.75) is 25.4 Å². The predicted molar refractivity (Wildman–Crippen MR) is 65.6 cm³/mol. The van der Waals surface area contributed by atoms with Crippen LogP contribution in [0.1, 0.15) is 19.3 Å². The van der Waals surface area contributed by atoms with E-state index < -0.39 is 35.2 Å². The largest absolute Gasteiger partial charge is 0.411 e. The summed E-state index contributed by atoms with van der Waals surface area (Å²) in [7, 11) is -3.29. The molecule has 9 heteroatoms. The molecule has 0 radical (unpaired) electrons. The number of alkyl halides is 3. The molecule has 0 aromatic heterocycles. The number of rotatable bonds is 6. The van der Waals surface area contributed by atoms with E-state index >= 15 is 0 Å². The van der Waals surface area contributed by atoms with E-state index in [-0.39, 0.29) is 18.9 Å². The minimum absolute atomic E-state index is 0.0455. The molecule has 0 aromatic rings. The first kappa shape index (κ1) is 17.4. The molecule has 0 aromatic carbocycles. The molecular weight excluding hydrogens is 299 g/mol. The molecule has 0 amide bonds. The fourth-order valence-corrected chi connectivity index (χ4v) is 3.10. The van der Waals surface area contributed by atoms with E-state index in [9.17, 15) is 26.4 Å². The van der Waals surface area contributed by atoms with Crippen LogP contribution in [0, 0.1) is 5.92 Å². The first-order valence-corrected chi connectivity index (χ1v) is 8.04. The number of hydrogen-bond acceptors (Lipinski definition) is 4. The van der Waals surface area contributed by atoms with Crippen molar-refractivity contribution in [3.05, 3.63) is 0 Å². The van der Waals surface area contributed by atoms with Gasteiger partial charge in [-0.3, -0.25) is 4.79 Å². The van der Waals surface area contributed by atoms with E-state index in [1.165, 1.54) is 4.31 Å². The molecule has 1 aliphatic rings. The Kier molecular flexibility index (Phi) is 5.96. The molecule has 0 aliphatic carbocycles. The van der Waals surface area contributed by atoms with E-state index in [0.29, 0.717) is 19.4 Å². The normalized spacial score (nSPS) is 21.9. The van der Waals surface area contributed by atoms with Crippen LogP contribution >= 0.6 is 0 Å². The average molecular weight is 317 g/mol. The van der Waals surface area contributed by atoms with Gasteiger partial charge in [-0.15, -0.1) is 0 Å². The third-order valence-electron chi connectivity index (χ3n) is 3.00. The zero-order valence-electron chi connectivity index (χ0n) is 11.1. The van der Waals surface area contributed by atoms with Gasteiger partial charge in [0.25, 0.3) is 0 Å². The van der Waals surface area contributed by atoms with Crippen LogP contribution in [0.3, 0.4) is 0 Å². The molecule has 1 fully saturated rings. The Hall–Kier alpha value is -0.670. The fraction of sp³-hybridized carbons (Fsp3) is 0.909. The van der Waals surface area contributed by atoms with Gasteiger partial charge >= 0.3 is 6.18 Å². The monoisotopic (exact) mass is 317 g/mol. The van der Waals surface area contributed by atoms with E-state index in [0.717, 1.165) is 6.26 Å². The summed E-state index contributed by atoms with van der Waals surface area (Å²) in [4.78, 5) is 11.5. The Morgan fingerprint density at radius 1 is 1.40 bits per heavy atom. The summed E-state index contributed by atoms with van der Waals surface area (Å²) in [6.07, 6.45) is -1.96. The van der Waals surface area contributed by atoms with Gasteiger partial charge in [-0.2, -0.15) is 13.2 Å². The van der Waals surface area contributed by atoms with E-state index in [4.69, 9.17) is 0 Å². The third-order valence-corrected chi connectivity index (χ3v) is 4.27. The van der Waals surface area contributed by atoms with Crippen LogP contribution in [-0.2, 0) is 19.6 Å². The highest BCUT2D eigenvalue weighted by atomic mass is 32.2. The summed E-state index contributed by atoms with van der Waals surface area (Å²) in [5, 5.41) is 0. The van der Waals surface area contributed by atoms with Crippen LogP contribution in [0.4, 0.5) is 13.2 Å². The molecule has 20 heavy (non-hydrogen) atoms. The van der Waals surface area contributed by atoms with Crippen molar-refractivity contribution in [1.82, 2.24) is 4.31 Å². The maximum atomic E-state index is 11.8. The van der Waals surface area contributed by atoms with Gasteiger partial charge in [-0.05, 0) is 18.8 Å². The Balaban J connectivity index is 2.35. The molecule has 1 rings (SSSR count). The van der Waals surface area contributed by atoms with Crippen LogP contribution in [0.2, 0.25) is 0 Å². The molecule has 1 heterocycles. The minimum atomic E-state index is -4.45. The van der Waals surface area contributed by atoms with Crippen LogP contribution < -0.4 is 0 Å². The molecule has 118 valence electrons. The molecule has 1 atom stereocenters. The van der Waals surface area contributed by atoms with Crippen molar-refractivity contribution < 1.29 is 31.1 Å². The quantitative estimate of drug-likeness (QED) is 0.738. The number of nitrogens with zero attached hydrogens (tertiary/aromatic N) is 1.